The molecule has 3 amide bonds. The average Bonchev–Trinajstić information content (AvgIpc) is 2.64. The molecule has 2 aliphatic rings. The minimum absolute atomic E-state index is 0.00452. The lowest BCUT2D eigenvalue weighted by atomic mass is 9.93. The summed E-state index contributed by atoms with van der Waals surface area (Å²) in [4.78, 5) is 32.2. The van der Waals surface area contributed by atoms with Crippen LogP contribution in [0.4, 0.5) is 14.9 Å². The van der Waals surface area contributed by atoms with Crippen molar-refractivity contribution in [2.24, 2.45) is 11.8 Å². The molecule has 0 aliphatic carbocycles. The van der Waals surface area contributed by atoms with Crippen LogP contribution < -0.4 is 5.32 Å². The van der Waals surface area contributed by atoms with Gasteiger partial charge in [-0.25, -0.2) is 9.18 Å². The maximum atomic E-state index is 13.6. The van der Waals surface area contributed by atoms with Crippen molar-refractivity contribution in [3.05, 3.63) is 24.3 Å². The lowest BCUT2D eigenvalue weighted by molar-refractivity contribution is -0.138. The summed E-state index contributed by atoms with van der Waals surface area (Å²) in [5.41, 5.74) is 0.126. The second kappa shape index (κ2) is 7.80. The fourth-order valence-electron chi connectivity index (χ4n) is 3.49. The number of nitrogens with one attached hydrogen (secondary N) is 1. The van der Waals surface area contributed by atoms with Crippen LogP contribution in [0.15, 0.2) is 18.5 Å². The van der Waals surface area contributed by atoms with E-state index < -0.39 is 5.82 Å². The van der Waals surface area contributed by atoms with Crippen molar-refractivity contribution in [1.29, 1.82) is 0 Å². The first-order valence-corrected chi connectivity index (χ1v) is 8.99. The molecule has 1 N–H and O–H groups in total. The average molecular weight is 348 g/mol. The SMILES string of the molecule is CC1CCN(C(=O)C2CCN(C(=O)Nc3ccncc3F)CC2)CC1. The highest BCUT2D eigenvalue weighted by Crippen LogP contribution is 2.24. The van der Waals surface area contributed by atoms with Crippen LogP contribution in [0.2, 0.25) is 0 Å². The molecule has 2 fully saturated rings. The summed E-state index contributed by atoms with van der Waals surface area (Å²) in [7, 11) is 0. The lowest BCUT2D eigenvalue weighted by Gasteiger charge is -2.36. The molecule has 2 aliphatic heterocycles. The first kappa shape index (κ1) is 17.6. The molecule has 0 atom stereocenters. The fraction of sp³-hybridized carbons (Fsp3) is 0.611. The summed E-state index contributed by atoms with van der Waals surface area (Å²) in [5.74, 6) is 0.366. The Kier molecular flexibility index (Phi) is 5.50. The van der Waals surface area contributed by atoms with Crippen LogP contribution in [0.1, 0.15) is 32.6 Å². The number of rotatable bonds is 2. The second-order valence-electron chi connectivity index (χ2n) is 7.05. The van der Waals surface area contributed by atoms with Gasteiger partial charge in [-0.2, -0.15) is 0 Å². The van der Waals surface area contributed by atoms with Gasteiger partial charge in [0.15, 0.2) is 5.82 Å². The predicted octanol–water partition coefficient (Wildman–Crippen LogP) is 2.72. The van der Waals surface area contributed by atoms with E-state index in [2.05, 4.69) is 17.2 Å². The van der Waals surface area contributed by atoms with Crippen LogP contribution in [-0.2, 0) is 4.79 Å². The van der Waals surface area contributed by atoms with Gasteiger partial charge in [0, 0.05) is 38.3 Å². The summed E-state index contributed by atoms with van der Waals surface area (Å²) < 4.78 is 13.6. The van der Waals surface area contributed by atoms with Gasteiger partial charge in [-0.05, 0) is 37.7 Å². The molecular weight excluding hydrogens is 323 g/mol. The summed E-state index contributed by atoms with van der Waals surface area (Å²) in [6.07, 6.45) is 5.98. The van der Waals surface area contributed by atoms with E-state index >= 15 is 0 Å². The Balaban J connectivity index is 1.49. The van der Waals surface area contributed by atoms with E-state index in [1.807, 2.05) is 4.90 Å². The molecule has 0 spiro atoms. The number of carbonyl (C=O) groups is 2. The quantitative estimate of drug-likeness (QED) is 0.894. The zero-order valence-electron chi connectivity index (χ0n) is 14.6. The standard InChI is InChI=1S/C18H25FN4O2/c1-13-3-8-22(9-4-13)17(24)14-5-10-23(11-6-14)18(25)21-16-2-7-20-12-15(16)19/h2,7,12-14H,3-6,8-11H2,1H3,(H,20,21,25). The van der Waals surface area contributed by atoms with Crippen LogP contribution in [0, 0.1) is 17.7 Å². The van der Waals surface area contributed by atoms with Gasteiger partial charge in [-0.15, -0.1) is 0 Å². The Morgan fingerprint density at radius 2 is 1.76 bits per heavy atom. The van der Waals surface area contributed by atoms with Gasteiger partial charge in [-0.1, -0.05) is 6.92 Å². The Morgan fingerprint density at radius 3 is 2.40 bits per heavy atom. The Hall–Kier alpha value is -2.18. The molecule has 3 rings (SSSR count). The lowest BCUT2D eigenvalue weighted by Crippen LogP contribution is -2.47. The number of nitrogens with zero attached hydrogens (tertiary/aromatic N) is 3. The minimum atomic E-state index is -0.555. The second-order valence-corrected chi connectivity index (χ2v) is 7.05. The van der Waals surface area contributed by atoms with Gasteiger partial charge >= 0.3 is 6.03 Å². The number of piperidine rings is 2. The van der Waals surface area contributed by atoms with Crippen LogP contribution in [0.25, 0.3) is 0 Å². The van der Waals surface area contributed by atoms with Crippen molar-refractivity contribution in [2.45, 2.75) is 32.6 Å². The summed E-state index contributed by atoms with van der Waals surface area (Å²) >= 11 is 0. The molecule has 0 bridgehead atoms. The number of likely N-dealkylation sites (tertiary alicyclic amines) is 2. The molecule has 3 heterocycles. The molecule has 6 nitrogen and oxygen atoms in total. The fourth-order valence-corrected chi connectivity index (χ4v) is 3.49. The zero-order valence-corrected chi connectivity index (χ0v) is 14.6. The maximum absolute atomic E-state index is 13.6. The minimum Gasteiger partial charge on any atom is -0.342 e. The smallest absolute Gasteiger partial charge is 0.321 e. The number of aromatic nitrogens is 1. The normalized spacial score (nSPS) is 19.8. The number of anilines is 1. The van der Waals surface area contributed by atoms with Crippen molar-refractivity contribution in [2.75, 3.05) is 31.5 Å². The van der Waals surface area contributed by atoms with Crippen molar-refractivity contribution < 1.29 is 14.0 Å². The molecule has 136 valence electrons. The summed E-state index contributed by atoms with van der Waals surface area (Å²) in [6.45, 7) is 4.95. The number of carbonyl (C=O) groups excluding carboxylic acids is 2. The van der Waals surface area contributed by atoms with Gasteiger partial charge in [0.2, 0.25) is 5.91 Å². The molecule has 0 unspecified atom stereocenters. The Bertz CT molecular complexity index is 623. The van der Waals surface area contributed by atoms with Crippen LogP contribution in [0.5, 0.6) is 0 Å². The van der Waals surface area contributed by atoms with E-state index in [0.717, 1.165) is 32.1 Å². The number of amides is 3. The van der Waals surface area contributed by atoms with Crippen LogP contribution in [-0.4, -0.2) is 52.9 Å². The third kappa shape index (κ3) is 4.27. The van der Waals surface area contributed by atoms with Gasteiger partial charge in [0.25, 0.3) is 0 Å². The first-order chi connectivity index (χ1) is 12.0. The molecule has 25 heavy (non-hydrogen) atoms. The first-order valence-electron chi connectivity index (χ1n) is 8.99. The Morgan fingerprint density at radius 1 is 1.12 bits per heavy atom. The van der Waals surface area contributed by atoms with Crippen molar-refractivity contribution >= 4 is 17.6 Å². The molecule has 0 saturated carbocycles. The van der Waals surface area contributed by atoms with Crippen molar-refractivity contribution in [1.82, 2.24) is 14.8 Å². The zero-order chi connectivity index (χ0) is 17.8. The van der Waals surface area contributed by atoms with E-state index in [-0.39, 0.29) is 23.5 Å². The number of hydrogen-bond donors (Lipinski definition) is 1. The maximum Gasteiger partial charge on any atom is 0.321 e. The van der Waals surface area contributed by atoms with E-state index in [9.17, 15) is 14.0 Å². The van der Waals surface area contributed by atoms with Crippen LogP contribution in [0.3, 0.4) is 0 Å². The topological polar surface area (TPSA) is 65.5 Å². The molecule has 0 aromatic carbocycles. The summed E-state index contributed by atoms with van der Waals surface area (Å²) in [5, 5.41) is 2.57. The molecule has 7 heteroatoms. The van der Waals surface area contributed by atoms with E-state index in [4.69, 9.17) is 0 Å². The van der Waals surface area contributed by atoms with E-state index in [1.165, 1.54) is 12.3 Å². The molecule has 1 aromatic heterocycles. The monoisotopic (exact) mass is 348 g/mol. The van der Waals surface area contributed by atoms with Gasteiger partial charge < -0.3 is 15.1 Å². The number of hydrogen-bond acceptors (Lipinski definition) is 3. The highest BCUT2D eigenvalue weighted by Gasteiger charge is 2.31. The largest absolute Gasteiger partial charge is 0.342 e. The van der Waals surface area contributed by atoms with Gasteiger partial charge in [0.1, 0.15) is 0 Å². The van der Waals surface area contributed by atoms with E-state index in [1.54, 1.807) is 4.90 Å². The molecule has 0 radical (unpaired) electrons. The number of pyridine rings is 1. The molecular formula is C18H25FN4O2. The van der Waals surface area contributed by atoms with Crippen molar-refractivity contribution in [3.8, 4) is 0 Å². The van der Waals surface area contributed by atoms with Crippen LogP contribution >= 0.6 is 0 Å². The summed E-state index contributed by atoms with van der Waals surface area (Å²) in [6, 6.07) is 1.10. The molecule has 2 saturated heterocycles. The Labute approximate surface area is 147 Å². The third-order valence-corrected chi connectivity index (χ3v) is 5.24. The predicted molar refractivity (Wildman–Crippen MR) is 92.5 cm³/mol. The third-order valence-electron chi connectivity index (χ3n) is 5.24. The highest BCUT2D eigenvalue weighted by molar-refractivity contribution is 5.89. The van der Waals surface area contributed by atoms with E-state index in [0.29, 0.717) is 31.8 Å². The van der Waals surface area contributed by atoms with Gasteiger partial charge in [0.05, 0.1) is 11.9 Å². The number of halogens is 1. The van der Waals surface area contributed by atoms with Gasteiger partial charge in [-0.3, -0.25) is 9.78 Å². The molecule has 1 aromatic rings. The van der Waals surface area contributed by atoms with Crippen molar-refractivity contribution in [3.63, 3.8) is 0 Å². The number of urea groups is 1. The highest BCUT2D eigenvalue weighted by atomic mass is 19.1.